The monoisotopic (exact) mass is 396 g/mol. The van der Waals surface area contributed by atoms with Crippen LogP contribution in [0.1, 0.15) is 41.6 Å². The van der Waals surface area contributed by atoms with E-state index in [1.165, 1.54) is 18.4 Å². The van der Waals surface area contributed by atoms with Gasteiger partial charge >= 0.3 is 11.9 Å². The van der Waals surface area contributed by atoms with Gasteiger partial charge in [-0.3, -0.25) is 9.78 Å². The van der Waals surface area contributed by atoms with Crippen LogP contribution in [-0.4, -0.2) is 38.6 Å². The Kier molecular flexibility index (Phi) is 8.09. The molecule has 29 heavy (non-hydrogen) atoms. The second-order valence-corrected chi connectivity index (χ2v) is 6.86. The molecular formula is C22H24N2O5. The molecule has 3 N–H and O–H groups in total. The van der Waals surface area contributed by atoms with Crippen LogP contribution in [0.3, 0.4) is 0 Å². The zero-order valence-corrected chi connectivity index (χ0v) is 16.0. The molecule has 1 aromatic carbocycles. The van der Waals surface area contributed by atoms with Crippen molar-refractivity contribution < 1.29 is 24.6 Å². The number of carbonyl (C=O) groups is 3. The quantitative estimate of drug-likeness (QED) is 0.646. The maximum absolute atomic E-state index is 12.4. The minimum Gasteiger partial charge on any atom is -0.478 e. The Balaban J connectivity index is 0.000000321. The van der Waals surface area contributed by atoms with E-state index >= 15 is 0 Å². The number of nitrogens with one attached hydrogen (secondary N) is 1. The van der Waals surface area contributed by atoms with E-state index in [0.29, 0.717) is 17.7 Å². The van der Waals surface area contributed by atoms with Gasteiger partial charge < -0.3 is 15.5 Å². The van der Waals surface area contributed by atoms with E-state index in [2.05, 4.69) is 34.6 Å². The lowest BCUT2D eigenvalue weighted by molar-refractivity contribution is -0.134. The first-order valence-electron chi connectivity index (χ1n) is 9.31. The summed E-state index contributed by atoms with van der Waals surface area (Å²) < 4.78 is 0. The molecule has 7 heteroatoms. The van der Waals surface area contributed by atoms with Gasteiger partial charge in [0.25, 0.3) is 5.91 Å². The van der Waals surface area contributed by atoms with Crippen LogP contribution >= 0.6 is 0 Å². The highest BCUT2D eigenvalue weighted by atomic mass is 16.4. The number of pyridine rings is 1. The van der Waals surface area contributed by atoms with E-state index in [9.17, 15) is 14.4 Å². The van der Waals surface area contributed by atoms with Crippen LogP contribution in [0.15, 0.2) is 67.0 Å². The summed E-state index contributed by atoms with van der Waals surface area (Å²) in [6.07, 6.45) is 9.79. The van der Waals surface area contributed by atoms with E-state index in [0.717, 1.165) is 19.3 Å². The van der Waals surface area contributed by atoms with Gasteiger partial charge in [0, 0.05) is 30.1 Å². The van der Waals surface area contributed by atoms with Gasteiger partial charge in [-0.25, -0.2) is 9.59 Å². The van der Waals surface area contributed by atoms with E-state index in [-0.39, 0.29) is 11.4 Å². The second kappa shape index (κ2) is 10.8. The molecule has 0 radical (unpaired) electrons. The maximum Gasteiger partial charge on any atom is 0.328 e. The second-order valence-electron chi connectivity index (χ2n) is 6.86. The van der Waals surface area contributed by atoms with Crippen LogP contribution in [0.4, 0.5) is 0 Å². The molecule has 0 aliphatic heterocycles. The van der Waals surface area contributed by atoms with Crippen molar-refractivity contribution in [2.45, 2.75) is 37.6 Å². The maximum atomic E-state index is 12.4. The Morgan fingerprint density at radius 1 is 0.966 bits per heavy atom. The number of rotatable bonds is 6. The Labute approximate surface area is 169 Å². The van der Waals surface area contributed by atoms with Gasteiger partial charge in [-0.1, -0.05) is 43.2 Å². The largest absolute Gasteiger partial charge is 0.478 e. The molecule has 1 fully saturated rings. The molecule has 0 atom stereocenters. The Morgan fingerprint density at radius 2 is 1.59 bits per heavy atom. The van der Waals surface area contributed by atoms with E-state index in [1.54, 1.807) is 18.5 Å². The standard InChI is InChI=1S/C18H20N2O.C4H4O4/c21-17(16-9-6-12-19-14-16)20-18(10-4-5-11-18)13-15-7-2-1-3-8-15;5-3(6)1-2-4(7)8/h1-3,6-9,12,14H,4-5,10-11,13H2,(H,20,21);1-2H,(H,5,6)(H,7,8)/b;2-1-. The SMILES string of the molecule is O=C(NC1(Cc2ccccc2)CCCC1)c1cccnc1.O=C(O)/C=C\C(=O)O. The van der Waals surface area contributed by atoms with Crippen molar-refractivity contribution in [3.8, 4) is 0 Å². The number of carboxylic acid groups (broad SMARTS) is 2. The summed E-state index contributed by atoms with van der Waals surface area (Å²) in [5, 5.41) is 18.9. The van der Waals surface area contributed by atoms with Crippen molar-refractivity contribution in [3.63, 3.8) is 0 Å². The topological polar surface area (TPSA) is 117 Å². The first-order chi connectivity index (χ1) is 13.9. The van der Waals surface area contributed by atoms with Crippen molar-refractivity contribution >= 4 is 17.8 Å². The van der Waals surface area contributed by atoms with Crippen LogP contribution in [0.5, 0.6) is 0 Å². The molecule has 1 aliphatic carbocycles. The minimum absolute atomic E-state index is 0.0130. The van der Waals surface area contributed by atoms with E-state index in [1.807, 2.05) is 12.1 Å². The molecule has 0 spiro atoms. The first kappa shape index (κ1) is 21.8. The number of nitrogens with zero attached hydrogens (tertiary/aromatic N) is 1. The molecule has 1 aliphatic rings. The third-order valence-corrected chi connectivity index (χ3v) is 4.62. The summed E-state index contributed by atoms with van der Waals surface area (Å²) in [4.78, 5) is 35.6. The highest BCUT2D eigenvalue weighted by molar-refractivity contribution is 5.94. The van der Waals surface area contributed by atoms with Crippen molar-refractivity contribution in [3.05, 3.63) is 78.1 Å². The number of carboxylic acids is 2. The molecule has 3 rings (SSSR count). The fourth-order valence-electron chi connectivity index (χ4n) is 3.34. The first-order valence-corrected chi connectivity index (χ1v) is 9.31. The van der Waals surface area contributed by atoms with Gasteiger partial charge in [0.05, 0.1) is 5.56 Å². The van der Waals surface area contributed by atoms with E-state index < -0.39 is 11.9 Å². The Morgan fingerprint density at radius 3 is 2.10 bits per heavy atom. The minimum atomic E-state index is -1.26. The average Bonchev–Trinajstić information content (AvgIpc) is 3.16. The molecule has 0 bridgehead atoms. The number of hydrogen-bond donors (Lipinski definition) is 3. The number of amides is 1. The highest BCUT2D eigenvalue weighted by Crippen LogP contribution is 2.33. The fraction of sp³-hybridized carbons (Fsp3) is 0.273. The summed E-state index contributed by atoms with van der Waals surface area (Å²) >= 11 is 0. The van der Waals surface area contributed by atoms with Crippen LogP contribution in [0.25, 0.3) is 0 Å². The summed E-state index contributed by atoms with van der Waals surface area (Å²) in [5.74, 6) is -2.53. The molecule has 1 aromatic heterocycles. The van der Waals surface area contributed by atoms with Crippen LogP contribution in [0.2, 0.25) is 0 Å². The normalized spacial score (nSPS) is 14.6. The Hall–Kier alpha value is -3.48. The van der Waals surface area contributed by atoms with Crippen LogP contribution in [0, 0.1) is 0 Å². The predicted octanol–water partition coefficient (Wildman–Crippen LogP) is 3.08. The number of aromatic nitrogens is 1. The molecule has 152 valence electrons. The lowest BCUT2D eigenvalue weighted by Gasteiger charge is -2.30. The van der Waals surface area contributed by atoms with Crippen LogP contribution in [-0.2, 0) is 16.0 Å². The number of aliphatic carboxylic acids is 2. The average molecular weight is 396 g/mol. The molecule has 1 saturated carbocycles. The number of hydrogen-bond acceptors (Lipinski definition) is 4. The molecule has 2 aromatic rings. The van der Waals surface area contributed by atoms with E-state index in [4.69, 9.17) is 10.2 Å². The van der Waals surface area contributed by atoms with Gasteiger partial charge in [0.15, 0.2) is 0 Å². The van der Waals surface area contributed by atoms with Gasteiger partial charge in [-0.2, -0.15) is 0 Å². The van der Waals surface area contributed by atoms with Crippen molar-refractivity contribution in [2.75, 3.05) is 0 Å². The van der Waals surface area contributed by atoms with Gasteiger partial charge in [-0.15, -0.1) is 0 Å². The molecule has 0 saturated heterocycles. The van der Waals surface area contributed by atoms with Crippen molar-refractivity contribution in [2.24, 2.45) is 0 Å². The van der Waals surface area contributed by atoms with Crippen LogP contribution < -0.4 is 5.32 Å². The lowest BCUT2D eigenvalue weighted by atomic mass is 9.88. The molecule has 1 amide bonds. The Bertz CT molecular complexity index is 828. The molecule has 1 heterocycles. The third-order valence-electron chi connectivity index (χ3n) is 4.62. The molecule has 0 unspecified atom stereocenters. The summed E-state index contributed by atoms with van der Waals surface area (Å²) in [6, 6.07) is 14.0. The smallest absolute Gasteiger partial charge is 0.328 e. The zero-order valence-electron chi connectivity index (χ0n) is 16.0. The van der Waals surface area contributed by atoms with Crippen molar-refractivity contribution in [1.29, 1.82) is 0 Å². The highest BCUT2D eigenvalue weighted by Gasteiger charge is 2.35. The van der Waals surface area contributed by atoms with Gasteiger partial charge in [0.1, 0.15) is 0 Å². The summed E-state index contributed by atoms with van der Waals surface area (Å²) in [6.45, 7) is 0. The lowest BCUT2D eigenvalue weighted by Crippen LogP contribution is -2.48. The third kappa shape index (κ3) is 7.57. The zero-order chi connectivity index (χ0) is 21.1. The number of benzene rings is 1. The number of carbonyl (C=O) groups excluding carboxylic acids is 1. The summed E-state index contributed by atoms with van der Waals surface area (Å²) in [7, 11) is 0. The fourth-order valence-corrected chi connectivity index (χ4v) is 3.34. The molecule has 7 nitrogen and oxygen atoms in total. The molecular weight excluding hydrogens is 372 g/mol. The van der Waals surface area contributed by atoms with Gasteiger partial charge in [0.2, 0.25) is 0 Å². The summed E-state index contributed by atoms with van der Waals surface area (Å²) in [5.41, 5.74) is 1.82. The van der Waals surface area contributed by atoms with Crippen molar-refractivity contribution in [1.82, 2.24) is 10.3 Å². The predicted molar refractivity (Wildman–Crippen MR) is 107 cm³/mol. The van der Waals surface area contributed by atoms with Gasteiger partial charge in [-0.05, 0) is 37.0 Å².